The van der Waals surface area contributed by atoms with Crippen molar-refractivity contribution < 1.29 is 27.6 Å². The number of benzene rings is 1. The Hall–Kier alpha value is -3.17. The monoisotopic (exact) mass is 432 g/mol. The van der Waals surface area contributed by atoms with Crippen LogP contribution in [0.1, 0.15) is 60.8 Å². The molecule has 2 aromatic heterocycles. The van der Waals surface area contributed by atoms with E-state index in [9.17, 15) is 18.0 Å². The van der Waals surface area contributed by atoms with Crippen LogP contribution in [0.4, 0.5) is 13.2 Å². The summed E-state index contributed by atoms with van der Waals surface area (Å²) >= 11 is 0. The lowest BCUT2D eigenvalue weighted by molar-refractivity contribution is -0.160. The Morgan fingerprint density at radius 2 is 2.00 bits per heavy atom. The molecule has 0 aliphatic heterocycles. The number of hydrogen-bond acceptors (Lipinski definition) is 5. The van der Waals surface area contributed by atoms with E-state index in [1.165, 1.54) is 0 Å². The van der Waals surface area contributed by atoms with Gasteiger partial charge in [-0.15, -0.1) is 0 Å². The fourth-order valence-electron chi connectivity index (χ4n) is 4.37. The second-order valence-corrected chi connectivity index (χ2v) is 8.35. The van der Waals surface area contributed by atoms with E-state index < -0.39 is 42.6 Å². The van der Waals surface area contributed by atoms with E-state index in [-0.39, 0.29) is 17.0 Å². The Balaban J connectivity index is 1.46. The lowest BCUT2D eigenvalue weighted by Gasteiger charge is -2.38. The van der Waals surface area contributed by atoms with Crippen LogP contribution in [0.5, 0.6) is 0 Å². The van der Waals surface area contributed by atoms with Gasteiger partial charge < -0.3 is 9.63 Å². The van der Waals surface area contributed by atoms with Crippen LogP contribution in [0.2, 0.25) is 0 Å². The summed E-state index contributed by atoms with van der Waals surface area (Å²) in [4.78, 5) is 15.4. The minimum atomic E-state index is -2.87. The lowest BCUT2D eigenvalue weighted by atomic mass is 9.77. The van der Waals surface area contributed by atoms with Gasteiger partial charge in [0, 0.05) is 12.8 Å². The Labute approximate surface area is 174 Å². The van der Waals surface area contributed by atoms with Crippen molar-refractivity contribution in [3.05, 3.63) is 53.0 Å². The zero-order valence-corrected chi connectivity index (χ0v) is 16.6. The fourth-order valence-corrected chi connectivity index (χ4v) is 4.37. The predicted molar refractivity (Wildman–Crippen MR) is 101 cm³/mol. The summed E-state index contributed by atoms with van der Waals surface area (Å²) in [5.41, 5.74) is -0.949. The van der Waals surface area contributed by atoms with Crippen LogP contribution in [0.15, 0.2) is 34.9 Å². The average molecular weight is 432 g/mol. The molecule has 10 heteroatoms. The van der Waals surface area contributed by atoms with E-state index in [1.54, 1.807) is 0 Å². The number of rotatable bonds is 6. The van der Waals surface area contributed by atoms with E-state index >= 15 is 0 Å². The average Bonchev–Trinajstić information content (AvgIpc) is 3.14. The van der Waals surface area contributed by atoms with Crippen LogP contribution in [0, 0.1) is 6.92 Å². The zero-order chi connectivity index (χ0) is 22.0. The number of hydrogen-bond donors (Lipinski definition) is 1. The molecule has 0 atom stereocenters. The third kappa shape index (κ3) is 3.03. The zero-order valence-electron chi connectivity index (χ0n) is 16.6. The van der Waals surface area contributed by atoms with Gasteiger partial charge in [-0.05, 0) is 37.0 Å². The first-order valence-electron chi connectivity index (χ1n) is 9.94. The van der Waals surface area contributed by atoms with Gasteiger partial charge in [-0.3, -0.25) is 4.68 Å². The fraction of sp³-hybridized carbons (Fsp3) is 0.429. The molecule has 2 saturated carbocycles. The van der Waals surface area contributed by atoms with Gasteiger partial charge in [0.15, 0.2) is 11.5 Å². The van der Waals surface area contributed by atoms with Gasteiger partial charge >= 0.3 is 5.97 Å². The smallest absolute Gasteiger partial charge is 0.341 e. The molecule has 2 fully saturated rings. The molecule has 3 aromatic rings. The van der Waals surface area contributed by atoms with Crippen molar-refractivity contribution in [2.45, 2.75) is 56.2 Å². The van der Waals surface area contributed by atoms with E-state index in [1.807, 2.05) is 31.2 Å². The first-order valence-corrected chi connectivity index (χ1v) is 9.94. The van der Waals surface area contributed by atoms with Crippen LogP contribution in [0.25, 0.3) is 11.6 Å². The van der Waals surface area contributed by atoms with E-state index in [0.29, 0.717) is 5.82 Å². The summed E-state index contributed by atoms with van der Waals surface area (Å²) in [7, 11) is 0. The molecule has 1 aromatic carbocycles. The molecule has 0 bridgehead atoms. The quantitative estimate of drug-likeness (QED) is 0.621. The molecule has 0 amide bonds. The minimum absolute atomic E-state index is 0.000390. The van der Waals surface area contributed by atoms with Crippen LogP contribution in [0.3, 0.4) is 0 Å². The molecule has 2 aliphatic rings. The Bertz CT molecular complexity index is 1160. The number of carbonyl (C=O) groups is 1. The highest BCUT2D eigenvalue weighted by Gasteiger charge is 2.54. The van der Waals surface area contributed by atoms with Gasteiger partial charge in [-0.2, -0.15) is 10.1 Å². The standard InChI is InChI=1S/C21H19F3N4O3/c1-11-4-2-3-5-13(11)20(6-7-20)18-25-17(31-27-18)14-8-15(16(22)23)28(26-14)12-9-21(24,10-12)19(29)30/h2-5,8,12,16H,6-7,9-10H2,1H3,(H,29,30). The molecule has 1 N–H and O–H groups in total. The number of aromatic nitrogens is 4. The van der Waals surface area contributed by atoms with Crippen LogP contribution < -0.4 is 0 Å². The maximum absolute atomic E-state index is 14.1. The highest BCUT2D eigenvalue weighted by molar-refractivity contribution is 5.78. The maximum Gasteiger partial charge on any atom is 0.341 e. The number of carboxylic acids is 1. The number of aryl methyl sites for hydroxylation is 1. The SMILES string of the molecule is Cc1ccccc1C1(c2noc(-c3cc(C(F)F)n(C4CC(F)(C(=O)O)C4)n3)n2)CC1. The Kier molecular flexibility index (Phi) is 4.25. The minimum Gasteiger partial charge on any atom is -0.479 e. The molecule has 0 radical (unpaired) electrons. The van der Waals surface area contributed by atoms with Crippen LogP contribution in [-0.2, 0) is 10.2 Å². The molecule has 7 nitrogen and oxygen atoms in total. The third-order valence-electron chi connectivity index (χ3n) is 6.32. The molecule has 5 rings (SSSR count). The second-order valence-electron chi connectivity index (χ2n) is 8.35. The molecule has 31 heavy (non-hydrogen) atoms. The largest absolute Gasteiger partial charge is 0.479 e. The molecule has 2 heterocycles. The summed E-state index contributed by atoms with van der Waals surface area (Å²) in [6.07, 6.45) is -2.01. The van der Waals surface area contributed by atoms with Crippen molar-refractivity contribution in [2.24, 2.45) is 0 Å². The maximum atomic E-state index is 14.1. The van der Waals surface area contributed by atoms with Gasteiger partial charge in [-0.1, -0.05) is 29.4 Å². The van der Waals surface area contributed by atoms with Crippen molar-refractivity contribution in [1.29, 1.82) is 0 Å². The lowest BCUT2D eigenvalue weighted by Crippen LogP contribution is -2.48. The second kappa shape index (κ2) is 6.66. The van der Waals surface area contributed by atoms with Crippen molar-refractivity contribution >= 4 is 5.97 Å². The van der Waals surface area contributed by atoms with Gasteiger partial charge in [0.05, 0.1) is 11.5 Å². The predicted octanol–water partition coefficient (Wildman–Crippen LogP) is 4.39. The molecule has 0 saturated heterocycles. The van der Waals surface area contributed by atoms with Crippen molar-refractivity contribution in [3.63, 3.8) is 0 Å². The highest BCUT2D eigenvalue weighted by Crippen LogP contribution is 2.53. The Morgan fingerprint density at radius 1 is 1.29 bits per heavy atom. The van der Waals surface area contributed by atoms with Gasteiger partial charge in [-0.25, -0.2) is 18.0 Å². The molecule has 162 valence electrons. The first-order chi connectivity index (χ1) is 14.7. The van der Waals surface area contributed by atoms with E-state index in [0.717, 1.165) is 34.7 Å². The van der Waals surface area contributed by atoms with Crippen LogP contribution >= 0.6 is 0 Å². The highest BCUT2D eigenvalue weighted by atomic mass is 19.3. The molecular formula is C21H19F3N4O3. The molecule has 0 spiro atoms. The summed E-state index contributed by atoms with van der Waals surface area (Å²) < 4.78 is 47.5. The molecule has 2 aliphatic carbocycles. The number of halogens is 3. The van der Waals surface area contributed by atoms with E-state index in [4.69, 9.17) is 9.63 Å². The number of alkyl halides is 3. The summed E-state index contributed by atoms with van der Waals surface area (Å²) in [5.74, 6) is -1.12. The van der Waals surface area contributed by atoms with E-state index in [2.05, 4.69) is 15.2 Å². The summed E-state index contributed by atoms with van der Waals surface area (Å²) in [5, 5.41) is 17.2. The topological polar surface area (TPSA) is 94.0 Å². The van der Waals surface area contributed by atoms with Crippen molar-refractivity contribution in [1.82, 2.24) is 19.9 Å². The summed E-state index contributed by atoms with van der Waals surface area (Å²) in [6.45, 7) is 2.01. The van der Waals surface area contributed by atoms with Crippen LogP contribution in [-0.4, -0.2) is 36.7 Å². The number of aliphatic carboxylic acids is 1. The summed E-state index contributed by atoms with van der Waals surface area (Å²) in [6, 6.07) is 8.28. The van der Waals surface area contributed by atoms with Gasteiger partial charge in [0.25, 0.3) is 12.3 Å². The van der Waals surface area contributed by atoms with Crippen molar-refractivity contribution in [2.75, 3.05) is 0 Å². The van der Waals surface area contributed by atoms with Gasteiger partial charge in [0.1, 0.15) is 5.69 Å². The number of carboxylic acid groups (broad SMARTS) is 1. The molecule has 0 unspecified atom stereocenters. The number of nitrogens with zero attached hydrogens (tertiary/aromatic N) is 4. The Morgan fingerprint density at radius 3 is 2.61 bits per heavy atom. The van der Waals surface area contributed by atoms with Gasteiger partial charge in [0.2, 0.25) is 5.67 Å². The third-order valence-corrected chi connectivity index (χ3v) is 6.32. The first kappa shape index (κ1) is 19.8. The van der Waals surface area contributed by atoms with Crippen molar-refractivity contribution in [3.8, 4) is 11.6 Å². The normalized spacial score (nSPS) is 24.2. The molecular weight excluding hydrogens is 413 g/mol.